The number of benzene rings is 1. The van der Waals surface area contributed by atoms with E-state index in [4.69, 9.17) is 4.74 Å². The van der Waals surface area contributed by atoms with Crippen LogP contribution in [0.4, 0.5) is 0 Å². The number of rotatable bonds is 7. The minimum Gasteiger partial charge on any atom is -0.491 e. The van der Waals surface area contributed by atoms with Crippen LogP contribution in [0.25, 0.3) is 0 Å². The Balaban J connectivity index is 1.43. The quantitative estimate of drug-likeness (QED) is 0.834. The van der Waals surface area contributed by atoms with Gasteiger partial charge in [-0.05, 0) is 51.4 Å². The third-order valence-corrected chi connectivity index (χ3v) is 4.93. The molecule has 0 amide bonds. The molecule has 6 nitrogen and oxygen atoms in total. The van der Waals surface area contributed by atoms with Gasteiger partial charge in [0, 0.05) is 19.0 Å². The van der Waals surface area contributed by atoms with Crippen molar-refractivity contribution in [2.75, 3.05) is 26.2 Å². The number of β-amino-alcohol motifs (C(OH)–C–C–N with tert-alkyl or cyclic N) is 1. The number of piperidine rings is 1. The number of aryl methyl sites for hydroxylation is 2. The maximum atomic E-state index is 10.3. The van der Waals surface area contributed by atoms with Crippen LogP contribution in [0.3, 0.4) is 0 Å². The lowest BCUT2D eigenvalue weighted by Crippen LogP contribution is -2.40. The molecular weight excluding hydrogens is 316 g/mol. The van der Waals surface area contributed by atoms with Crippen molar-refractivity contribution in [3.63, 3.8) is 0 Å². The Hall–Kier alpha value is -1.92. The molecule has 1 saturated heterocycles. The van der Waals surface area contributed by atoms with Gasteiger partial charge in [0.05, 0.1) is 0 Å². The van der Waals surface area contributed by atoms with Crippen LogP contribution in [0.5, 0.6) is 5.75 Å². The van der Waals surface area contributed by atoms with Gasteiger partial charge < -0.3 is 19.3 Å². The predicted molar refractivity (Wildman–Crippen MR) is 96.8 cm³/mol. The Morgan fingerprint density at radius 1 is 1.28 bits per heavy atom. The van der Waals surface area contributed by atoms with Crippen molar-refractivity contribution in [2.24, 2.45) is 0 Å². The lowest BCUT2D eigenvalue weighted by molar-refractivity contribution is 0.0587. The third-order valence-electron chi connectivity index (χ3n) is 4.93. The van der Waals surface area contributed by atoms with Crippen molar-refractivity contribution < 1.29 is 9.84 Å². The molecule has 1 fully saturated rings. The lowest BCUT2D eigenvalue weighted by Gasteiger charge is -2.32. The summed E-state index contributed by atoms with van der Waals surface area (Å²) in [6.07, 6.45) is 3.46. The van der Waals surface area contributed by atoms with Crippen LogP contribution in [0, 0.1) is 6.92 Å². The van der Waals surface area contributed by atoms with Crippen molar-refractivity contribution in [2.45, 2.75) is 45.3 Å². The standard InChI is InChI=1S/C19H28N4O2/c1-3-23-14-20-21-19(23)16-8-10-22(11-9-16)12-17(24)13-25-18-7-5-4-6-15(18)2/h4-7,14,16-17,24H,3,8-13H2,1-2H3. The van der Waals surface area contributed by atoms with Crippen molar-refractivity contribution >= 4 is 0 Å². The first kappa shape index (κ1) is 17.9. The molecule has 1 atom stereocenters. The lowest BCUT2D eigenvalue weighted by atomic mass is 9.95. The van der Waals surface area contributed by atoms with Crippen LogP contribution in [0.15, 0.2) is 30.6 Å². The molecule has 1 aromatic heterocycles. The van der Waals surface area contributed by atoms with Crippen LogP contribution in [-0.4, -0.2) is 57.1 Å². The van der Waals surface area contributed by atoms with Gasteiger partial charge in [0.25, 0.3) is 0 Å². The normalized spacial score (nSPS) is 17.6. The Morgan fingerprint density at radius 3 is 2.76 bits per heavy atom. The van der Waals surface area contributed by atoms with Crippen LogP contribution in [0.2, 0.25) is 0 Å². The van der Waals surface area contributed by atoms with E-state index in [1.165, 1.54) is 0 Å². The molecule has 3 rings (SSSR count). The van der Waals surface area contributed by atoms with Crippen molar-refractivity contribution in [1.29, 1.82) is 0 Å². The SMILES string of the molecule is CCn1cnnc1C1CCN(CC(O)COc2ccccc2C)CC1. The Labute approximate surface area is 149 Å². The number of likely N-dealkylation sites (tertiary alicyclic amines) is 1. The number of ether oxygens (including phenoxy) is 1. The molecule has 6 heteroatoms. The average molecular weight is 344 g/mol. The average Bonchev–Trinajstić information content (AvgIpc) is 3.10. The minimum atomic E-state index is -0.476. The number of para-hydroxylation sites is 1. The van der Waals surface area contributed by atoms with E-state index in [9.17, 15) is 5.11 Å². The first-order valence-corrected chi connectivity index (χ1v) is 9.14. The number of nitrogens with zero attached hydrogens (tertiary/aromatic N) is 4. The van der Waals surface area contributed by atoms with Gasteiger partial charge in [0.2, 0.25) is 0 Å². The molecule has 0 saturated carbocycles. The van der Waals surface area contributed by atoms with Gasteiger partial charge in [0.1, 0.15) is 30.6 Å². The zero-order valence-electron chi connectivity index (χ0n) is 15.1. The highest BCUT2D eigenvalue weighted by Crippen LogP contribution is 2.26. The van der Waals surface area contributed by atoms with Gasteiger partial charge in [-0.1, -0.05) is 18.2 Å². The maximum absolute atomic E-state index is 10.3. The number of aromatic nitrogens is 3. The highest BCUT2D eigenvalue weighted by atomic mass is 16.5. The van der Waals surface area contributed by atoms with Crippen LogP contribution in [-0.2, 0) is 6.54 Å². The molecular formula is C19H28N4O2. The summed E-state index contributed by atoms with van der Waals surface area (Å²) >= 11 is 0. The fourth-order valence-corrected chi connectivity index (χ4v) is 3.45. The number of hydrogen-bond acceptors (Lipinski definition) is 5. The smallest absolute Gasteiger partial charge is 0.135 e. The summed E-state index contributed by atoms with van der Waals surface area (Å²) in [5.41, 5.74) is 1.09. The molecule has 0 aliphatic carbocycles. The summed E-state index contributed by atoms with van der Waals surface area (Å²) in [5.74, 6) is 2.42. The van der Waals surface area contributed by atoms with Crippen molar-refractivity contribution in [3.05, 3.63) is 42.0 Å². The minimum absolute atomic E-state index is 0.328. The van der Waals surface area contributed by atoms with E-state index >= 15 is 0 Å². The second kappa shape index (κ2) is 8.45. The molecule has 136 valence electrons. The highest BCUT2D eigenvalue weighted by Gasteiger charge is 2.25. The van der Waals surface area contributed by atoms with E-state index in [1.54, 1.807) is 0 Å². The second-order valence-corrected chi connectivity index (χ2v) is 6.78. The van der Waals surface area contributed by atoms with Gasteiger partial charge in [0.15, 0.2) is 0 Å². The zero-order chi connectivity index (χ0) is 17.6. The Morgan fingerprint density at radius 2 is 2.04 bits per heavy atom. The van der Waals surface area contributed by atoms with Gasteiger partial charge >= 0.3 is 0 Å². The van der Waals surface area contributed by atoms with E-state index in [1.807, 2.05) is 37.5 Å². The zero-order valence-corrected chi connectivity index (χ0v) is 15.1. The molecule has 25 heavy (non-hydrogen) atoms. The third kappa shape index (κ3) is 4.58. The molecule has 1 N–H and O–H groups in total. The number of aliphatic hydroxyl groups is 1. The summed E-state index contributed by atoms with van der Waals surface area (Å²) in [4.78, 5) is 2.31. The molecule has 1 aromatic carbocycles. The summed E-state index contributed by atoms with van der Waals surface area (Å²) in [6, 6.07) is 7.90. The molecule has 0 radical (unpaired) electrons. The first-order valence-electron chi connectivity index (χ1n) is 9.14. The maximum Gasteiger partial charge on any atom is 0.135 e. The summed E-state index contributed by atoms with van der Waals surface area (Å²) in [5, 5.41) is 18.6. The summed E-state index contributed by atoms with van der Waals surface area (Å²) in [7, 11) is 0. The van der Waals surface area contributed by atoms with Gasteiger partial charge in [-0.15, -0.1) is 10.2 Å². The number of hydrogen-bond donors (Lipinski definition) is 1. The Kier molecular flexibility index (Phi) is 6.04. The predicted octanol–water partition coefficient (Wildman–Crippen LogP) is 2.23. The summed E-state index contributed by atoms with van der Waals surface area (Å²) < 4.78 is 7.88. The molecule has 1 aliphatic rings. The Bertz CT molecular complexity index is 665. The molecule has 0 spiro atoms. The van der Waals surface area contributed by atoms with Crippen LogP contribution < -0.4 is 4.74 Å². The van der Waals surface area contributed by atoms with E-state index < -0.39 is 6.10 Å². The summed E-state index contributed by atoms with van der Waals surface area (Å²) in [6.45, 7) is 7.98. The second-order valence-electron chi connectivity index (χ2n) is 6.78. The number of aliphatic hydroxyl groups excluding tert-OH is 1. The topological polar surface area (TPSA) is 63.4 Å². The van der Waals surface area contributed by atoms with Gasteiger partial charge in [-0.3, -0.25) is 0 Å². The van der Waals surface area contributed by atoms with E-state index in [2.05, 4.69) is 26.6 Å². The highest BCUT2D eigenvalue weighted by molar-refractivity contribution is 5.31. The van der Waals surface area contributed by atoms with Crippen LogP contribution >= 0.6 is 0 Å². The van der Waals surface area contributed by atoms with E-state index in [0.717, 1.165) is 49.6 Å². The molecule has 1 aliphatic heterocycles. The molecule has 2 aromatic rings. The fourth-order valence-electron chi connectivity index (χ4n) is 3.45. The van der Waals surface area contributed by atoms with Crippen LogP contribution in [0.1, 0.15) is 37.1 Å². The largest absolute Gasteiger partial charge is 0.491 e. The van der Waals surface area contributed by atoms with Gasteiger partial charge in [-0.25, -0.2) is 0 Å². The molecule has 2 heterocycles. The van der Waals surface area contributed by atoms with Crippen molar-refractivity contribution in [3.8, 4) is 5.75 Å². The monoisotopic (exact) mass is 344 g/mol. The van der Waals surface area contributed by atoms with E-state index in [0.29, 0.717) is 19.1 Å². The van der Waals surface area contributed by atoms with E-state index in [-0.39, 0.29) is 0 Å². The first-order chi connectivity index (χ1) is 12.2. The van der Waals surface area contributed by atoms with Gasteiger partial charge in [-0.2, -0.15) is 0 Å². The molecule has 0 bridgehead atoms. The molecule has 1 unspecified atom stereocenters. The fraction of sp³-hybridized carbons (Fsp3) is 0.579. The van der Waals surface area contributed by atoms with Crippen molar-refractivity contribution in [1.82, 2.24) is 19.7 Å².